The van der Waals surface area contributed by atoms with Gasteiger partial charge in [0.2, 0.25) is 0 Å². The molecule has 0 aliphatic carbocycles. The predicted molar refractivity (Wildman–Crippen MR) is 178 cm³/mol. The Kier molecular flexibility index (Phi) is 6.28. The van der Waals surface area contributed by atoms with Gasteiger partial charge in [-0.15, -0.1) is 11.3 Å². The van der Waals surface area contributed by atoms with Gasteiger partial charge in [0.25, 0.3) is 0 Å². The Hall–Kier alpha value is -5.52. The average molecular weight is 569 g/mol. The fourth-order valence-electron chi connectivity index (χ4n) is 5.53. The summed E-state index contributed by atoms with van der Waals surface area (Å²) < 4.78 is 1.17. The molecule has 8 aromatic rings. The van der Waals surface area contributed by atoms with Gasteiger partial charge in [0.1, 0.15) is 5.01 Å². The molecule has 0 amide bonds. The van der Waals surface area contributed by atoms with Crippen molar-refractivity contribution in [3.05, 3.63) is 146 Å². The van der Waals surface area contributed by atoms with Gasteiger partial charge in [-0.2, -0.15) is 0 Å². The van der Waals surface area contributed by atoms with E-state index in [-0.39, 0.29) is 0 Å². The highest BCUT2D eigenvalue weighted by Crippen LogP contribution is 2.40. The summed E-state index contributed by atoms with van der Waals surface area (Å²) in [6.45, 7) is 0. The number of nitrogens with zero attached hydrogens (tertiary/aromatic N) is 4. The van der Waals surface area contributed by atoms with Crippen molar-refractivity contribution >= 4 is 32.3 Å². The topological polar surface area (TPSA) is 51.6 Å². The minimum absolute atomic E-state index is 0.647. The van der Waals surface area contributed by atoms with Gasteiger partial charge in [0.05, 0.1) is 10.2 Å². The molecule has 0 unspecified atom stereocenters. The van der Waals surface area contributed by atoms with Crippen molar-refractivity contribution in [2.24, 2.45) is 0 Å². The molecule has 5 heteroatoms. The first-order valence-corrected chi connectivity index (χ1v) is 15.0. The minimum atomic E-state index is 0.647. The molecule has 0 radical (unpaired) electrons. The van der Waals surface area contributed by atoms with Crippen LogP contribution in [0.1, 0.15) is 0 Å². The first kappa shape index (κ1) is 25.2. The lowest BCUT2D eigenvalue weighted by molar-refractivity contribution is 1.08. The van der Waals surface area contributed by atoms with Gasteiger partial charge in [-0.1, -0.05) is 133 Å². The second-order valence-corrected chi connectivity index (χ2v) is 11.3. The highest BCUT2D eigenvalue weighted by Gasteiger charge is 2.18. The van der Waals surface area contributed by atoms with Crippen LogP contribution in [0.4, 0.5) is 0 Å². The van der Waals surface area contributed by atoms with Crippen molar-refractivity contribution < 1.29 is 0 Å². The van der Waals surface area contributed by atoms with Crippen LogP contribution in [0.3, 0.4) is 0 Å². The highest BCUT2D eigenvalue weighted by atomic mass is 32.1. The van der Waals surface area contributed by atoms with Crippen LogP contribution in [-0.2, 0) is 0 Å². The summed E-state index contributed by atoms with van der Waals surface area (Å²) in [6, 6.07) is 49.8. The summed E-state index contributed by atoms with van der Waals surface area (Å²) >= 11 is 1.73. The van der Waals surface area contributed by atoms with Crippen LogP contribution in [0.25, 0.3) is 76.9 Å². The third-order valence-electron chi connectivity index (χ3n) is 7.59. The molecule has 0 bridgehead atoms. The maximum absolute atomic E-state index is 5.12. The second-order valence-electron chi connectivity index (χ2n) is 10.3. The lowest BCUT2D eigenvalue weighted by atomic mass is 9.94. The summed E-state index contributed by atoms with van der Waals surface area (Å²) in [7, 11) is 0. The minimum Gasteiger partial charge on any atom is -0.235 e. The molecule has 0 fully saturated rings. The SMILES string of the molecule is c1ccc(-c2nc(-c3ccccc3)nc(-c3ccc(-c4cccc5sc(-c6ccccc6)nc45)c4ccccc34)n2)cc1. The van der Waals surface area contributed by atoms with Gasteiger partial charge in [-0.05, 0) is 28.5 Å². The monoisotopic (exact) mass is 568 g/mol. The van der Waals surface area contributed by atoms with Crippen molar-refractivity contribution in [2.75, 3.05) is 0 Å². The van der Waals surface area contributed by atoms with Gasteiger partial charge in [-0.3, -0.25) is 0 Å². The molecule has 0 atom stereocenters. The molecule has 0 spiro atoms. The zero-order chi connectivity index (χ0) is 28.6. The molecule has 0 aliphatic heterocycles. The van der Waals surface area contributed by atoms with Crippen molar-refractivity contribution in [1.82, 2.24) is 19.9 Å². The summed E-state index contributed by atoms with van der Waals surface area (Å²) in [5, 5.41) is 3.24. The van der Waals surface area contributed by atoms with Gasteiger partial charge in [0.15, 0.2) is 17.5 Å². The molecule has 0 saturated heterocycles. The predicted octanol–water partition coefficient (Wildman–Crippen LogP) is 9.97. The van der Waals surface area contributed by atoms with E-state index in [9.17, 15) is 0 Å². The van der Waals surface area contributed by atoms with Gasteiger partial charge in [-0.25, -0.2) is 19.9 Å². The van der Waals surface area contributed by atoms with Crippen molar-refractivity contribution in [3.63, 3.8) is 0 Å². The smallest absolute Gasteiger partial charge is 0.164 e. The van der Waals surface area contributed by atoms with E-state index in [4.69, 9.17) is 19.9 Å². The van der Waals surface area contributed by atoms with Crippen molar-refractivity contribution in [2.45, 2.75) is 0 Å². The number of benzene rings is 6. The summed E-state index contributed by atoms with van der Waals surface area (Å²) in [5.74, 6) is 1.95. The Morgan fingerprint density at radius 3 is 1.49 bits per heavy atom. The molecule has 2 heterocycles. The lowest BCUT2D eigenvalue weighted by Crippen LogP contribution is -2.00. The van der Waals surface area contributed by atoms with E-state index in [1.54, 1.807) is 11.3 Å². The molecule has 43 heavy (non-hydrogen) atoms. The molecule has 8 rings (SSSR count). The molecule has 2 aromatic heterocycles. The van der Waals surface area contributed by atoms with E-state index in [1.165, 1.54) is 4.70 Å². The van der Waals surface area contributed by atoms with E-state index in [1.807, 2.05) is 66.7 Å². The van der Waals surface area contributed by atoms with Gasteiger partial charge in [0, 0.05) is 27.8 Å². The quantitative estimate of drug-likeness (QED) is 0.207. The third-order valence-corrected chi connectivity index (χ3v) is 8.66. The van der Waals surface area contributed by atoms with E-state index in [2.05, 4.69) is 78.9 Å². The van der Waals surface area contributed by atoms with Crippen LogP contribution in [0, 0.1) is 0 Å². The first-order chi connectivity index (χ1) is 21.3. The Morgan fingerprint density at radius 2 is 0.860 bits per heavy atom. The maximum Gasteiger partial charge on any atom is 0.164 e. The average Bonchev–Trinajstić information content (AvgIpc) is 3.54. The van der Waals surface area contributed by atoms with Crippen LogP contribution in [0.2, 0.25) is 0 Å². The number of hydrogen-bond donors (Lipinski definition) is 0. The number of fused-ring (bicyclic) bond motifs is 2. The highest BCUT2D eigenvalue weighted by molar-refractivity contribution is 7.21. The van der Waals surface area contributed by atoms with Gasteiger partial charge >= 0.3 is 0 Å². The zero-order valence-electron chi connectivity index (χ0n) is 23.1. The third kappa shape index (κ3) is 4.66. The molecule has 0 saturated carbocycles. The molecule has 0 N–H and O–H groups in total. The number of rotatable bonds is 5. The number of aromatic nitrogens is 4. The zero-order valence-corrected chi connectivity index (χ0v) is 23.9. The molecule has 0 aliphatic rings. The molecule has 6 aromatic carbocycles. The van der Waals surface area contributed by atoms with E-state index in [0.717, 1.165) is 54.7 Å². The molecule has 202 valence electrons. The van der Waals surface area contributed by atoms with Crippen LogP contribution >= 0.6 is 11.3 Å². The van der Waals surface area contributed by atoms with Crippen LogP contribution in [-0.4, -0.2) is 19.9 Å². The molecular weight excluding hydrogens is 545 g/mol. The Morgan fingerprint density at radius 1 is 0.349 bits per heavy atom. The van der Waals surface area contributed by atoms with Crippen LogP contribution in [0.5, 0.6) is 0 Å². The van der Waals surface area contributed by atoms with Crippen LogP contribution in [0.15, 0.2) is 146 Å². The largest absolute Gasteiger partial charge is 0.235 e. The number of para-hydroxylation sites is 1. The lowest BCUT2D eigenvalue weighted by Gasteiger charge is -2.13. The number of hydrogen-bond acceptors (Lipinski definition) is 5. The summed E-state index contributed by atoms with van der Waals surface area (Å²) in [4.78, 5) is 20.0. The standard InChI is InChI=1S/C38H24N4S/c1-4-13-25(14-5-1)35-40-36(26-15-6-2-7-16-26)42-37(41-35)32-24-23-30(28-19-10-11-20-29(28)32)31-21-12-22-33-34(31)39-38(43-33)27-17-8-3-9-18-27/h1-24H. The maximum atomic E-state index is 5.12. The Balaban J connectivity index is 1.32. The van der Waals surface area contributed by atoms with Crippen LogP contribution < -0.4 is 0 Å². The van der Waals surface area contributed by atoms with Gasteiger partial charge < -0.3 is 0 Å². The molecular formula is C38H24N4S. The Labute approximate surface area is 253 Å². The Bertz CT molecular complexity index is 2170. The fourth-order valence-corrected chi connectivity index (χ4v) is 6.53. The van der Waals surface area contributed by atoms with E-state index >= 15 is 0 Å². The summed E-state index contributed by atoms with van der Waals surface area (Å²) in [5.41, 5.74) is 7.27. The number of thiazole rings is 1. The normalized spacial score (nSPS) is 11.3. The van der Waals surface area contributed by atoms with Crippen molar-refractivity contribution in [3.8, 4) is 55.9 Å². The van der Waals surface area contributed by atoms with E-state index in [0.29, 0.717) is 17.5 Å². The summed E-state index contributed by atoms with van der Waals surface area (Å²) in [6.07, 6.45) is 0. The first-order valence-electron chi connectivity index (χ1n) is 14.2. The van der Waals surface area contributed by atoms with Crippen molar-refractivity contribution in [1.29, 1.82) is 0 Å². The van der Waals surface area contributed by atoms with E-state index < -0.39 is 0 Å². The second kappa shape index (κ2) is 10.7. The molecule has 4 nitrogen and oxygen atoms in total. The fraction of sp³-hybridized carbons (Fsp3) is 0.